The van der Waals surface area contributed by atoms with Gasteiger partial charge in [0.15, 0.2) is 0 Å². The van der Waals surface area contributed by atoms with Crippen molar-refractivity contribution >= 4 is 10.8 Å². The molecule has 12 heavy (non-hydrogen) atoms. The molecule has 1 aliphatic heterocycles. The quantitative estimate of drug-likeness (QED) is 0.693. The van der Waals surface area contributed by atoms with Crippen LogP contribution in [0, 0.1) is 0 Å². The summed E-state index contributed by atoms with van der Waals surface area (Å²) in [6, 6.07) is 0.163. The lowest BCUT2D eigenvalue weighted by Crippen LogP contribution is -2.23. The van der Waals surface area contributed by atoms with Crippen LogP contribution in [0.2, 0.25) is 0 Å². The molecule has 0 aromatic heterocycles. The van der Waals surface area contributed by atoms with E-state index in [0.29, 0.717) is 6.61 Å². The Bertz CT molecular complexity index is 155. The third-order valence-corrected chi connectivity index (χ3v) is 3.79. The normalized spacial score (nSPS) is 28.7. The van der Waals surface area contributed by atoms with Crippen molar-refractivity contribution in [2.45, 2.75) is 31.1 Å². The van der Waals surface area contributed by atoms with Crippen molar-refractivity contribution in [2.75, 3.05) is 19.0 Å². The van der Waals surface area contributed by atoms with Gasteiger partial charge in [0.2, 0.25) is 0 Å². The molecule has 0 amide bonds. The minimum absolute atomic E-state index is 0.163. The van der Waals surface area contributed by atoms with Crippen molar-refractivity contribution in [3.05, 3.63) is 0 Å². The Morgan fingerprint density at radius 1 is 1.75 bits per heavy atom. The summed E-state index contributed by atoms with van der Waals surface area (Å²) in [6.07, 6.45) is 1.80. The van der Waals surface area contributed by atoms with E-state index in [-0.39, 0.29) is 11.3 Å². The molecule has 0 aliphatic carbocycles. The number of nitrogens with two attached hydrogens (primary N) is 1. The van der Waals surface area contributed by atoms with Gasteiger partial charge in [-0.3, -0.25) is 4.21 Å². The van der Waals surface area contributed by atoms with E-state index < -0.39 is 10.8 Å². The Morgan fingerprint density at radius 2 is 2.50 bits per heavy atom. The highest BCUT2D eigenvalue weighted by atomic mass is 32.2. The number of rotatable bonds is 4. The summed E-state index contributed by atoms with van der Waals surface area (Å²) >= 11 is 0. The monoisotopic (exact) mass is 191 g/mol. The molecule has 3 atom stereocenters. The lowest BCUT2D eigenvalue weighted by atomic mass is 10.3. The summed E-state index contributed by atoms with van der Waals surface area (Å²) < 4.78 is 16.7. The fourth-order valence-electron chi connectivity index (χ4n) is 1.19. The van der Waals surface area contributed by atoms with Crippen LogP contribution in [0.1, 0.15) is 19.8 Å². The zero-order chi connectivity index (χ0) is 8.97. The van der Waals surface area contributed by atoms with Crippen molar-refractivity contribution in [3.8, 4) is 0 Å². The minimum atomic E-state index is -0.721. The average Bonchev–Trinajstić information content (AvgIpc) is 2.51. The van der Waals surface area contributed by atoms with Crippen LogP contribution in [0.15, 0.2) is 0 Å². The van der Waals surface area contributed by atoms with E-state index in [0.717, 1.165) is 25.2 Å². The second-order valence-corrected chi connectivity index (χ2v) is 5.17. The summed E-state index contributed by atoms with van der Waals surface area (Å²) in [5.74, 6) is 0.728. The lowest BCUT2D eigenvalue weighted by molar-refractivity contribution is 0.199. The Balaban J connectivity index is 2.18. The van der Waals surface area contributed by atoms with Gasteiger partial charge in [0.1, 0.15) is 0 Å². The summed E-state index contributed by atoms with van der Waals surface area (Å²) in [5, 5.41) is 0.267. The molecule has 0 bridgehead atoms. The zero-order valence-electron chi connectivity index (χ0n) is 7.49. The second kappa shape index (κ2) is 4.94. The number of hydrogen-bond donors (Lipinski definition) is 1. The predicted octanol–water partition coefficient (Wildman–Crippen LogP) is 0.261. The average molecular weight is 191 g/mol. The van der Waals surface area contributed by atoms with Crippen LogP contribution in [-0.4, -0.2) is 34.5 Å². The maximum absolute atomic E-state index is 11.5. The van der Waals surface area contributed by atoms with E-state index >= 15 is 0 Å². The smallest absolute Gasteiger partial charge is 0.0610 e. The molecule has 4 heteroatoms. The van der Waals surface area contributed by atoms with Crippen LogP contribution < -0.4 is 5.73 Å². The molecule has 0 saturated carbocycles. The van der Waals surface area contributed by atoms with Gasteiger partial charge in [-0.05, 0) is 19.8 Å². The molecule has 1 rings (SSSR count). The molecule has 72 valence electrons. The molecule has 1 fully saturated rings. The summed E-state index contributed by atoms with van der Waals surface area (Å²) in [6.45, 7) is 3.39. The standard InChI is InChI=1S/C8H17NO2S/c1-7(9)3-5-12(10)8-2-4-11-6-8/h7-8H,2-6,9H2,1H3. The maximum atomic E-state index is 11.5. The van der Waals surface area contributed by atoms with Gasteiger partial charge < -0.3 is 10.5 Å². The Morgan fingerprint density at radius 3 is 3.00 bits per heavy atom. The van der Waals surface area contributed by atoms with Gasteiger partial charge in [0.05, 0.1) is 11.9 Å². The highest BCUT2D eigenvalue weighted by Gasteiger charge is 2.21. The Hall–Kier alpha value is 0.0700. The molecule has 1 aliphatic rings. The molecular weight excluding hydrogens is 174 g/mol. The van der Waals surface area contributed by atoms with Gasteiger partial charge in [-0.2, -0.15) is 0 Å². The van der Waals surface area contributed by atoms with Crippen molar-refractivity contribution in [3.63, 3.8) is 0 Å². The van der Waals surface area contributed by atoms with Crippen molar-refractivity contribution in [1.82, 2.24) is 0 Å². The molecular formula is C8H17NO2S. The van der Waals surface area contributed by atoms with Crippen LogP contribution in [0.5, 0.6) is 0 Å². The summed E-state index contributed by atoms with van der Waals surface area (Å²) in [4.78, 5) is 0. The first-order chi connectivity index (χ1) is 5.70. The van der Waals surface area contributed by atoms with Gasteiger partial charge >= 0.3 is 0 Å². The van der Waals surface area contributed by atoms with Crippen molar-refractivity contribution < 1.29 is 8.95 Å². The van der Waals surface area contributed by atoms with E-state index in [2.05, 4.69) is 0 Å². The van der Waals surface area contributed by atoms with Gasteiger partial charge in [0.25, 0.3) is 0 Å². The number of hydrogen-bond acceptors (Lipinski definition) is 3. The first kappa shape index (κ1) is 10.2. The fourth-order valence-corrected chi connectivity index (χ4v) is 2.73. The van der Waals surface area contributed by atoms with Crippen molar-refractivity contribution in [1.29, 1.82) is 0 Å². The van der Waals surface area contributed by atoms with E-state index in [1.807, 2.05) is 6.92 Å². The highest BCUT2D eigenvalue weighted by molar-refractivity contribution is 7.85. The fraction of sp³-hybridized carbons (Fsp3) is 1.00. The molecule has 1 heterocycles. The molecule has 2 N–H and O–H groups in total. The molecule has 0 spiro atoms. The number of ether oxygens (including phenoxy) is 1. The molecule has 0 aromatic carbocycles. The first-order valence-electron chi connectivity index (χ1n) is 4.40. The minimum Gasteiger partial charge on any atom is -0.380 e. The highest BCUT2D eigenvalue weighted by Crippen LogP contribution is 2.11. The third kappa shape index (κ3) is 3.21. The largest absolute Gasteiger partial charge is 0.380 e. The molecule has 0 aromatic rings. The predicted molar refractivity (Wildman–Crippen MR) is 50.5 cm³/mol. The summed E-state index contributed by atoms with van der Waals surface area (Å²) in [7, 11) is -0.721. The summed E-state index contributed by atoms with van der Waals surface area (Å²) in [5.41, 5.74) is 5.57. The molecule has 3 nitrogen and oxygen atoms in total. The van der Waals surface area contributed by atoms with Crippen LogP contribution in [-0.2, 0) is 15.5 Å². The maximum Gasteiger partial charge on any atom is 0.0610 e. The lowest BCUT2D eigenvalue weighted by Gasteiger charge is -2.08. The van der Waals surface area contributed by atoms with E-state index in [1.165, 1.54) is 0 Å². The zero-order valence-corrected chi connectivity index (χ0v) is 8.31. The van der Waals surface area contributed by atoms with E-state index in [1.54, 1.807) is 0 Å². The van der Waals surface area contributed by atoms with Gasteiger partial charge in [-0.1, -0.05) is 0 Å². The second-order valence-electron chi connectivity index (χ2n) is 3.34. The molecule has 0 radical (unpaired) electrons. The Kier molecular flexibility index (Phi) is 4.18. The Labute approximate surface area is 76.1 Å². The molecule has 1 saturated heterocycles. The molecule has 3 unspecified atom stereocenters. The van der Waals surface area contributed by atoms with Gasteiger partial charge in [0, 0.05) is 29.2 Å². The van der Waals surface area contributed by atoms with Gasteiger partial charge in [-0.25, -0.2) is 0 Å². The first-order valence-corrected chi connectivity index (χ1v) is 5.79. The third-order valence-electron chi connectivity index (χ3n) is 2.03. The van der Waals surface area contributed by atoms with Crippen LogP contribution in [0.25, 0.3) is 0 Å². The van der Waals surface area contributed by atoms with Crippen LogP contribution in [0.4, 0.5) is 0 Å². The van der Waals surface area contributed by atoms with E-state index in [4.69, 9.17) is 10.5 Å². The van der Waals surface area contributed by atoms with E-state index in [9.17, 15) is 4.21 Å². The van der Waals surface area contributed by atoms with Gasteiger partial charge in [-0.15, -0.1) is 0 Å². The van der Waals surface area contributed by atoms with Crippen molar-refractivity contribution in [2.24, 2.45) is 5.73 Å². The van der Waals surface area contributed by atoms with Crippen LogP contribution >= 0.6 is 0 Å². The SMILES string of the molecule is CC(N)CCS(=O)C1CCOC1. The van der Waals surface area contributed by atoms with Crippen LogP contribution in [0.3, 0.4) is 0 Å². The topological polar surface area (TPSA) is 52.3 Å².